The van der Waals surface area contributed by atoms with Gasteiger partial charge in [-0.3, -0.25) is 4.57 Å². The minimum absolute atomic E-state index is 0.00708. The maximum atomic E-state index is 12.6. The Labute approximate surface area is 110 Å². The van der Waals surface area contributed by atoms with Crippen LogP contribution in [0.3, 0.4) is 0 Å². The van der Waals surface area contributed by atoms with Gasteiger partial charge in [0, 0.05) is 5.69 Å². The van der Waals surface area contributed by atoms with E-state index in [1.165, 1.54) is 17.0 Å². The van der Waals surface area contributed by atoms with Crippen LogP contribution < -0.4 is 5.73 Å². The third-order valence-corrected chi connectivity index (χ3v) is 2.95. The molecule has 2 rings (SSSR count). The van der Waals surface area contributed by atoms with Crippen LogP contribution in [-0.2, 0) is 6.18 Å². The fraction of sp³-hybridized carbons (Fsp3) is 0.100. The van der Waals surface area contributed by atoms with E-state index >= 15 is 0 Å². The molecule has 1 heterocycles. The third kappa shape index (κ3) is 2.39. The average molecular weight is 296 g/mol. The number of nitrogen functional groups attached to an aromatic ring is 1. The Balaban J connectivity index is 2.59. The van der Waals surface area contributed by atoms with E-state index in [2.05, 4.69) is 4.98 Å². The van der Waals surface area contributed by atoms with Crippen molar-refractivity contribution in [1.82, 2.24) is 9.55 Å². The topological polar surface area (TPSA) is 43.8 Å². The first-order valence-electron chi connectivity index (χ1n) is 4.65. The van der Waals surface area contributed by atoms with Crippen molar-refractivity contribution >= 4 is 28.9 Å². The number of hydrogen-bond donors (Lipinski definition) is 1. The lowest BCUT2D eigenvalue weighted by Gasteiger charge is -2.11. The Kier molecular flexibility index (Phi) is 3.16. The molecule has 0 fully saturated rings. The summed E-state index contributed by atoms with van der Waals surface area (Å²) in [6.07, 6.45) is -3.26. The second-order valence-electron chi connectivity index (χ2n) is 3.51. The molecule has 0 spiro atoms. The van der Waals surface area contributed by atoms with E-state index in [0.29, 0.717) is 0 Å². The van der Waals surface area contributed by atoms with Crippen molar-refractivity contribution in [2.75, 3.05) is 5.73 Å². The van der Waals surface area contributed by atoms with Crippen molar-refractivity contribution < 1.29 is 13.2 Å². The molecule has 8 heteroatoms. The van der Waals surface area contributed by atoms with Gasteiger partial charge in [0.15, 0.2) is 10.3 Å². The molecule has 3 nitrogen and oxygen atoms in total. The zero-order chi connectivity index (χ0) is 13.5. The van der Waals surface area contributed by atoms with Crippen LogP contribution in [0.4, 0.5) is 18.9 Å². The van der Waals surface area contributed by atoms with Crippen LogP contribution in [-0.4, -0.2) is 9.55 Å². The van der Waals surface area contributed by atoms with E-state index < -0.39 is 11.7 Å². The Morgan fingerprint density at radius 2 is 1.83 bits per heavy atom. The Hall–Kier alpha value is -1.40. The molecular weight excluding hydrogens is 290 g/mol. The number of anilines is 1. The molecule has 1 aromatic carbocycles. The molecule has 0 saturated heterocycles. The fourth-order valence-corrected chi connectivity index (χ4v) is 1.75. The minimum atomic E-state index is -4.49. The van der Waals surface area contributed by atoms with Crippen LogP contribution in [0.25, 0.3) is 5.69 Å². The highest BCUT2D eigenvalue weighted by atomic mass is 35.5. The molecule has 0 aliphatic heterocycles. The van der Waals surface area contributed by atoms with E-state index in [0.717, 1.165) is 12.1 Å². The summed E-state index contributed by atoms with van der Waals surface area (Å²) < 4.78 is 39.1. The third-order valence-electron chi connectivity index (χ3n) is 2.21. The normalized spacial score (nSPS) is 11.8. The summed E-state index contributed by atoms with van der Waals surface area (Å²) in [6.45, 7) is 0. The van der Waals surface area contributed by atoms with Gasteiger partial charge in [-0.25, -0.2) is 4.98 Å². The van der Waals surface area contributed by atoms with Crippen LogP contribution in [0.5, 0.6) is 0 Å². The minimum Gasteiger partial charge on any atom is -0.399 e. The molecule has 96 valence electrons. The number of benzene rings is 1. The van der Waals surface area contributed by atoms with Crippen molar-refractivity contribution in [3.63, 3.8) is 0 Å². The van der Waals surface area contributed by atoms with Gasteiger partial charge in [-0.05, 0) is 18.2 Å². The molecule has 2 N–H and O–H groups in total. The first kappa shape index (κ1) is 13.0. The quantitative estimate of drug-likeness (QED) is 0.814. The van der Waals surface area contributed by atoms with Crippen LogP contribution >= 0.6 is 23.2 Å². The summed E-state index contributed by atoms with van der Waals surface area (Å²) in [7, 11) is 0. The molecule has 0 saturated carbocycles. The number of aromatic nitrogens is 2. The highest BCUT2D eigenvalue weighted by Crippen LogP contribution is 2.33. The van der Waals surface area contributed by atoms with Gasteiger partial charge in [0.25, 0.3) is 0 Å². The largest absolute Gasteiger partial charge is 0.416 e. The number of rotatable bonds is 1. The lowest BCUT2D eigenvalue weighted by molar-refractivity contribution is -0.137. The SMILES string of the molecule is Nc1cc(-n2cnc(Cl)c2Cl)cc(C(F)(F)F)c1. The summed E-state index contributed by atoms with van der Waals surface area (Å²) in [5.41, 5.74) is 4.70. The number of nitrogens with two attached hydrogens (primary N) is 1. The molecular formula is C10H6Cl2F3N3. The van der Waals surface area contributed by atoms with Gasteiger partial charge in [-0.1, -0.05) is 23.2 Å². The first-order chi connectivity index (χ1) is 8.29. The zero-order valence-electron chi connectivity index (χ0n) is 8.67. The number of nitrogens with zero attached hydrogens (tertiary/aromatic N) is 2. The summed E-state index contributed by atoms with van der Waals surface area (Å²) in [6, 6.07) is 3.11. The predicted octanol–water partition coefficient (Wildman–Crippen LogP) is 3.78. The fourth-order valence-electron chi connectivity index (χ4n) is 1.43. The number of hydrogen-bond acceptors (Lipinski definition) is 2. The molecule has 0 radical (unpaired) electrons. The van der Waals surface area contributed by atoms with Gasteiger partial charge in [0.1, 0.15) is 6.33 Å². The van der Waals surface area contributed by atoms with Gasteiger partial charge in [-0.15, -0.1) is 0 Å². The first-order valence-corrected chi connectivity index (χ1v) is 5.41. The second-order valence-corrected chi connectivity index (χ2v) is 4.22. The van der Waals surface area contributed by atoms with Crippen molar-refractivity contribution in [3.8, 4) is 5.69 Å². The molecule has 0 amide bonds. The summed E-state index contributed by atoms with van der Waals surface area (Å²) in [4.78, 5) is 3.69. The zero-order valence-corrected chi connectivity index (χ0v) is 10.2. The van der Waals surface area contributed by atoms with Crippen LogP contribution in [0.15, 0.2) is 24.5 Å². The van der Waals surface area contributed by atoms with Crippen LogP contribution in [0.1, 0.15) is 5.56 Å². The lowest BCUT2D eigenvalue weighted by atomic mass is 10.1. The second kappa shape index (κ2) is 4.37. The summed E-state index contributed by atoms with van der Waals surface area (Å²) in [5, 5.41) is 0.0306. The van der Waals surface area contributed by atoms with Gasteiger partial charge in [-0.2, -0.15) is 13.2 Å². The molecule has 0 unspecified atom stereocenters. The smallest absolute Gasteiger partial charge is 0.399 e. The molecule has 0 aliphatic rings. The van der Waals surface area contributed by atoms with Gasteiger partial charge < -0.3 is 5.73 Å². The maximum absolute atomic E-state index is 12.6. The van der Waals surface area contributed by atoms with Gasteiger partial charge >= 0.3 is 6.18 Å². The van der Waals surface area contributed by atoms with E-state index in [4.69, 9.17) is 28.9 Å². The van der Waals surface area contributed by atoms with Gasteiger partial charge in [0.05, 0.1) is 11.3 Å². The molecule has 0 aliphatic carbocycles. The molecule has 1 aromatic heterocycles. The Bertz CT molecular complexity index is 593. The van der Waals surface area contributed by atoms with E-state index in [-0.39, 0.29) is 21.7 Å². The maximum Gasteiger partial charge on any atom is 0.416 e. The number of alkyl halides is 3. The molecule has 2 aromatic rings. The van der Waals surface area contributed by atoms with E-state index in [1.807, 2.05) is 0 Å². The monoisotopic (exact) mass is 295 g/mol. The highest BCUT2D eigenvalue weighted by molar-refractivity contribution is 6.40. The van der Waals surface area contributed by atoms with E-state index in [1.54, 1.807) is 0 Å². The summed E-state index contributed by atoms with van der Waals surface area (Å²) >= 11 is 11.4. The Morgan fingerprint density at radius 3 is 2.33 bits per heavy atom. The van der Waals surface area contributed by atoms with E-state index in [9.17, 15) is 13.2 Å². The molecule has 0 atom stereocenters. The molecule has 0 bridgehead atoms. The average Bonchev–Trinajstić information content (AvgIpc) is 2.58. The van der Waals surface area contributed by atoms with Gasteiger partial charge in [0.2, 0.25) is 0 Å². The van der Waals surface area contributed by atoms with Crippen LogP contribution in [0.2, 0.25) is 10.3 Å². The number of imidazole rings is 1. The molecule has 18 heavy (non-hydrogen) atoms. The number of halogens is 5. The van der Waals surface area contributed by atoms with Crippen molar-refractivity contribution in [2.24, 2.45) is 0 Å². The van der Waals surface area contributed by atoms with Crippen molar-refractivity contribution in [3.05, 3.63) is 40.4 Å². The van der Waals surface area contributed by atoms with Crippen molar-refractivity contribution in [1.29, 1.82) is 0 Å². The van der Waals surface area contributed by atoms with Crippen LogP contribution in [0, 0.1) is 0 Å². The lowest BCUT2D eigenvalue weighted by Crippen LogP contribution is -2.07. The highest BCUT2D eigenvalue weighted by Gasteiger charge is 2.31. The van der Waals surface area contributed by atoms with Crippen molar-refractivity contribution in [2.45, 2.75) is 6.18 Å². The predicted molar refractivity (Wildman–Crippen MR) is 63.0 cm³/mol. The Morgan fingerprint density at radius 1 is 1.17 bits per heavy atom. The standard InChI is InChI=1S/C10H6Cl2F3N3/c11-8-9(12)18(4-17-8)7-2-5(10(13,14)15)1-6(16)3-7/h1-4H,16H2. The summed E-state index contributed by atoms with van der Waals surface area (Å²) in [5.74, 6) is 0.